The number of nitrogens with zero attached hydrogens (tertiary/aromatic N) is 2. The van der Waals surface area contributed by atoms with Gasteiger partial charge in [0.05, 0.1) is 9.79 Å². The van der Waals surface area contributed by atoms with E-state index in [2.05, 4.69) is 10.6 Å². The number of nitrogens with two attached hydrogens (primary N) is 1. The van der Waals surface area contributed by atoms with E-state index in [1.165, 1.54) is 48.5 Å². The van der Waals surface area contributed by atoms with Gasteiger partial charge in [-0.1, -0.05) is 39.1 Å². The van der Waals surface area contributed by atoms with Gasteiger partial charge in [-0.15, -0.1) is 0 Å². The van der Waals surface area contributed by atoms with Gasteiger partial charge in [0.25, 0.3) is 20.0 Å². The predicted octanol–water partition coefficient (Wildman–Crippen LogP) is 0.507. The number of carbonyl (C=O) groups is 3. The molecule has 0 bridgehead atoms. The van der Waals surface area contributed by atoms with Crippen LogP contribution >= 0.6 is 0 Å². The molecular formula is C27H36N6O8S2. The summed E-state index contributed by atoms with van der Waals surface area (Å²) >= 11 is 0. The van der Waals surface area contributed by atoms with Crippen LogP contribution in [-0.2, 0) is 34.4 Å². The predicted molar refractivity (Wildman–Crippen MR) is 157 cm³/mol. The fourth-order valence-electron chi connectivity index (χ4n) is 4.55. The largest absolute Gasteiger partial charge is 0.480 e. The summed E-state index contributed by atoms with van der Waals surface area (Å²) in [5, 5.41) is 21.7. The lowest BCUT2D eigenvalue weighted by Crippen LogP contribution is -2.53. The highest BCUT2D eigenvalue weighted by Gasteiger charge is 2.42. The molecule has 16 heteroatoms. The van der Waals surface area contributed by atoms with Gasteiger partial charge in [0.1, 0.15) is 18.6 Å². The molecule has 1 heterocycles. The van der Waals surface area contributed by atoms with Gasteiger partial charge in [0.15, 0.2) is 5.96 Å². The third kappa shape index (κ3) is 8.30. The van der Waals surface area contributed by atoms with Crippen molar-refractivity contribution < 1.29 is 36.3 Å². The number of carboxylic acids is 1. The Bertz CT molecular complexity index is 1490. The van der Waals surface area contributed by atoms with E-state index < -0.39 is 56.5 Å². The summed E-state index contributed by atoms with van der Waals surface area (Å²) in [6, 6.07) is 8.57. The molecule has 43 heavy (non-hydrogen) atoms. The van der Waals surface area contributed by atoms with Gasteiger partial charge in [-0.25, -0.2) is 21.6 Å². The number of hydrogen-bond donors (Lipinski definition) is 5. The van der Waals surface area contributed by atoms with Crippen molar-refractivity contribution in [1.82, 2.24) is 19.2 Å². The van der Waals surface area contributed by atoms with Gasteiger partial charge in [0.2, 0.25) is 11.8 Å². The molecule has 1 aliphatic heterocycles. The molecule has 0 saturated carbocycles. The van der Waals surface area contributed by atoms with E-state index in [9.17, 15) is 36.3 Å². The number of rotatable bonds is 13. The number of guanidine groups is 1. The van der Waals surface area contributed by atoms with E-state index in [0.717, 1.165) is 16.0 Å². The van der Waals surface area contributed by atoms with Crippen LogP contribution in [0.2, 0.25) is 0 Å². The highest BCUT2D eigenvalue weighted by Crippen LogP contribution is 2.27. The third-order valence-electron chi connectivity index (χ3n) is 6.91. The lowest BCUT2D eigenvalue weighted by atomic mass is 10.1. The summed E-state index contributed by atoms with van der Waals surface area (Å²) < 4.78 is 54.9. The van der Waals surface area contributed by atoms with Crippen LogP contribution in [0.25, 0.3) is 0 Å². The van der Waals surface area contributed by atoms with Crippen molar-refractivity contribution in [2.45, 2.75) is 61.4 Å². The quantitative estimate of drug-likeness (QED) is 0.116. The van der Waals surface area contributed by atoms with Crippen LogP contribution in [0.5, 0.6) is 0 Å². The Morgan fingerprint density at radius 1 is 1.00 bits per heavy atom. The lowest BCUT2D eigenvalue weighted by molar-refractivity contribution is -0.144. The molecule has 234 valence electrons. The number of aryl methyl sites for hydroxylation is 2. The summed E-state index contributed by atoms with van der Waals surface area (Å²) in [6.45, 7) is 2.62. The Labute approximate surface area is 250 Å². The molecule has 0 unspecified atom stereocenters. The number of amides is 2. The monoisotopic (exact) mass is 636 g/mol. The minimum atomic E-state index is -4.76. The fourth-order valence-corrected chi connectivity index (χ4v) is 8.09. The number of sulfonamides is 2. The first kappa shape index (κ1) is 33.5. The first-order chi connectivity index (χ1) is 20.1. The Morgan fingerprint density at radius 3 is 1.98 bits per heavy atom. The molecule has 0 aromatic heterocycles. The van der Waals surface area contributed by atoms with Crippen LogP contribution in [0.1, 0.15) is 36.8 Å². The van der Waals surface area contributed by atoms with Crippen molar-refractivity contribution >= 4 is 43.8 Å². The number of hydrogen-bond acceptors (Lipinski definition) is 8. The van der Waals surface area contributed by atoms with Crippen LogP contribution < -0.4 is 16.4 Å². The van der Waals surface area contributed by atoms with Crippen molar-refractivity contribution in [2.24, 2.45) is 5.73 Å². The molecule has 1 saturated heterocycles. The Morgan fingerprint density at radius 2 is 1.51 bits per heavy atom. The van der Waals surface area contributed by atoms with Crippen molar-refractivity contribution in [3.63, 3.8) is 0 Å². The second-order valence-corrected chi connectivity index (χ2v) is 14.2. The summed E-state index contributed by atoms with van der Waals surface area (Å²) in [4.78, 5) is 38.8. The molecule has 1 fully saturated rings. The van der Waals surface area contributed by atoms with Crippen molar-refractivity contribution in [3.8, 4) is 0 Å². The van der Waals surface area contributed by atoms with Crippen molar-refractivity contribution in [2.75, 3.05) is 19.6 Å². The van der Waals surface area contributed by atoms with Crippen molar-refractivity contribution in [1.29, 1.82) is 5.41 Å². The summed E-state index contributed by atoms with van der Waals surface area (Å²) in [5.74, 6) is -3.26. The van der Waals surface area contributed by atoms with Gasteiger partial charge in [-0.05, 0) is 63.8 Å². The second-order valence-electron chi connectivity index (χ2n) is 10.2. The van der Waals surface area contributed by atoms with Gasteiger partial charge in [-0.2, -0.15) is 0 Å². The summed E-state index contributed by atoms with van der Waals surface area (Å²) in [7, 11) is -9.51. The van der Waals surface area contributed by atoms with Crippen molar-refractivity contribution in [3.05, 3.63) is 59.7 Å². The minimum Gasteiger partial charge on any atom is -0.480 e. The lowest BCUT2D eigenvalue weighted by Gasteiger charge is -2.28. The topological polar surface area (TPSA) is 220 Å². The molecular weight excluding hydrogens is 600 g/mol. The molecule has 0 aliphatic carbocycles. The Kier molecular flexibility index (Phi) is 10.9. The summed E-state index contributed by atoms with van der Waals surface area (Å²) in [5.41, 5.74) is 6.69. The van der Waals surface area contributed by atoms with Gasteiger partial charge in [0, 0.05) is 13.1 Å². The minimum absolute atomic E-state index is 0.0133. The summed E-state index contributed by atoms with van der Waals surface area (Å²) in [6.07, 6.45) is 0.816. The highest BCUT2D eigenvalue weighted by atomic mass is 32.3. The number of nitrogens with one attached hydrogen (secondary N) is 3. The van der Waals surface area contributed by atoms with E-state index in [1.54, 1.807) is 13.8 Å². The van der Waals surface area contributed by atoms with Gasteiger partial charge >= 0.3 is 5.97 Å². The molecule has 14 nitrogen and oxygen atoms in total. The van der Waals surface area contributed by atoms with E-state index in [0.29, 0.717) is 6.42 Å². The number of aliphatic carboxylic acids is 1. The second kappa shape index (κ2) is 14.0. The molecule has 2 aromatic rings. The molecule has 3 rings (SSSR count). The first-order valence-corrected chi connectivity index (χ1v) is 16.3. The maximum Gasteiger partial charge on any atom is 0.326 e. The normalized spacial score (nSPS) is 16.1. The fraction of sp³-hybridized carbons (Fsp3) is 0.407. The third-order valence-corrected chi connectivity index (χ3v) is 11.2. The zero-order valence-corrected chi connectivity index (χ0v) is 25.4. The zero-order chi connectivity index (χ0) is 31.9. The van der Waals surface area contributed by atoms with Crippen LogP contribution in [0.3, 0.4) is 0 Å². The number of carbonyl (C=O) groups excluding carboxylic acids is 2. The van der Waals surface area contributed by atoms with E-state index in [1.807, 2.05) is 0 Å². The average Bonchev–Trinajstić information content (AvgIpc) is 3.43. The zero-order valence-electron chi connectivity index (χ0n) is 23.8. The Balaban J connectivity index is 1.87. The van der Waals surface area contributed by atoms with Crippen LogP contribution in [0, 0.1) is 19.3 Å². The molecule has 2 amide bonds. The molecule has 2 atom stereocenters. The average molecular weight is 637 g/mol. The van der Waals surface area contributed by atoms with E-state index >= 15 is 0 Å². The maximum atomic E-state index is 13.7. The van der Waals surface area contributed by atoms with E-state index in [-0.39, 0.29) is 51.8 Å². The standard InChI is InChI=1S/C27H36N6O8S2/c1-18-7-11-20(12-8-18)42(38,39)33(43(40,41)21-13-9-19(2)10-14-21)17-24(34)32-16-4-6-23(32)25(35)31-22(26(36)37)5-3-15-30-27(28)29/h7-14,22-23H,3-6,15-17H2,1-2H3,(H,31,35)(H,36,37)(H4,28,29,30)/t22-,23-/m0/s1. The molecule has 2 aromatic carbocycles. The van der Waals surface area contributed by atoms with Crippen LogP contribution in [0.4, 0.5) is 0 Å². The van der Waals surface area contributed by atoms with E-state index in [4.69, 9.17) is 11.1 Å². The highest BCUT2D eigenvalue weighted by molar-refractivity contribution is 8.04. The number of likely N-dealkylation sites (tertiary alicyclic amines) is 1. The SMILES string of the molecule is Cc1ccc(S(=O)(=O)N(CC(=O)N2CCC[C@H]2C(=O)N[C@@H](CCCNC(=N)N)C(=O)O)S(=O)(=O)c2ccc(C)cc2)cc1. The molecule has 1 aliphatic rings. The smallest absolute Gasteiger partial charge is 0.326 e. The molecule has 0 spiro atoms. The number of carboxylic acid groups (broad SMARTS) is 1. The van der Waals surface area contributed by atoms with Crippen LogP contribution in [-0.4, -0.2) is 86.0 Å². The Hall–Kier alpha value is -4.02. The maximum absolute atomic E-state index is 13.7. The molecule has 0 radical (unpaired) electrons. The van der Waals surface area contributed by atoms with Crippen LogP contribution in [0.15, 0.2) is 58.3 Å². The van der Waals surface area contributed by atoms with Gasteiger partial charge in [-0.3, -0.25) is 15.0 Å². The molecule has 6 N–H and O–H groups in total. The first-order valence-electron chi connectivity index (χ1n) is 13.5. The number of benzene rings is 2. The van der Waals surface area contributed by atoms with Gasteiger partial charge < -0.3 is 26.4 Å².